The molecule has 8 nitrogen and oxygen atoms in total. The predicted molar refractivity (Wildman–Crippen MR) is 158 cm³/mol. The van der Waals surface area contributed by atoms with Gasteiger partial charge in [-0.3, -0.25) is 4.79 Å². The van der Waals surface area contributed by atoms with Crippen LogP contribution in [-0.2, 0) is 14.3 Å². The van der Waals surface area contributed by atoms with Crippen molar-refractivity contribution in [3.8, 4) is 0 Å². The molecule has 2 heterocycles. The Balaban J connectivity index is 1.12. The van der Waals surface area contributed by atoms with E-state index in [1.54, 1.807) is 0 Å². The van der Waals surface area contributed by atoms with E-state index in [0.717, 1.165) is 24.7 Å². The second kappa shape index (κ2) is 12.0. The van der Waals surface area contributed by atoms with Gasteiger partial charge < -0.3 is 34.8 Å². The van der Waals surface area contributed by atoms with Gasteiger partial charge in [0.05, 0.1) is 12.7 Å². The first kappa shape index (κ1) is 31.4. The first-order chi connectivity index (χ1) is 19.9. The molecule has 0 aromatic carbocycles. The molecular formula is C34H57NO7. The van der Waals surface area contributed by atoms with Gasteiger partial charge in [-0.2, -0.15) is 0 Å². The van der Waals surface area contributed by atoms with E-state index in [0.29, 0.717) is 60.2 Å². The number of carbonyl (C=O) groups excluding carboxylic acids is 1. The molecule has 0 aromatic rings. The molecule has 4 saturated carbocycles. The third-order valence-corrected chi connectivity index (χ3v) is 13.9. The fourth-order valence-corrected chi connectivity index (χ4v) is 11.5. The van der Waals surface area contributed by atoms with Crippen LogP contribution in [0.25, 0.3) is 0 Å². The fraction of sp³-hybridized carbons (Fsp3) is 0.971. The number of hydrogen-bond donors (Lipinski definition) is 4. The number of hydrogen-bond acceptors (Lipinski definition) is 8. The molecule has 6 fully saturated rings. The number of Topliss-reactive ketones (excluding diaryl/α,β-unsaturated/α-hetero) is 1. The second-order valence-electron chi connectivity index (χ2n) is 15.9. The van der Waals surface area contributed by atoms with Gasteiger partial charge in [-0.15, -0.1) is 0 Å². The van der Waals surface area contributed by atoms with E-state index >= 15 is 0 Å². The molecule has 2 aliphatic heterocycles. The maximum Gasteiger partial charge on any atom is 0.186 e. The van der Waals surface area contributed by atoms with E-state index in [2.05, 4.69) is 39.6 Å². The Labute approximate surface area is 252 Å². The fourth-order valence-electron chi connectivity index (χ4n) is 11.5. The first-order valence-corrected chi connectivity index (χ1v) is 17.1. The van der Waals surface area contributed by atoms with Gasteiger partial charge in [0.25, 0.3) is 0 Å². The van der Waals surface area contributed by atoms with E-state index in [1.807, 2.05) is 0 Å². The van der Waals surface area contributed by atoms with Gasteiger partial charge >= 0.3 is 0 Å². The summed E-state index contributed by atoms with van der Waals surface area (Å²) >= 11 is 0. The Hall–Kier alpha value is -0.610. The van der Waals surface area contributed by atoms with Crippen molar-refractivity contribution in [2.45, 2.75) is 128 Å². The Bertz CT molecular complexity index is 978. The lowest BCUT2D eigenvalue weighted by molar-refractivity contribution is -0.315. The van der Waals surface area contributed by atoms with E-state index < -0.39 is 37.3 Å². The van der Waals surface area contributed by atoms with Crippen molar-refractivity contribution in [3.05, 3.63) is 0 Å². The Morgan fingerprint density at radius 2 is 1.76 bits per heavy atom. The third kappa shape index (κ3) is 5.23. The molecule has 4 aliphatic carbocycles. The summed E-state index contributed by atoms with van der Waals surface area (Å²) in [6.07, 6.45) is 2.80. The zero-order chi connectivity index (χ0) is 30.1. The zero-order valence-corrected chi connectivity index (χ0v) is 26.5. The Morgan fingerprint density at radius 1 is 1.00 bits per heavy atom. The van der Waals surface area contributed by atoms with E-state index in [9.17, 15) is 25.2 Å². The maximum absolute atomic E-state index is 13.8. The van der Waals surface area contributed by atoms with E-state index in [-0.39, 0.29) is 17.4 Å². The van der Waals surface area contributed by atoms with Crippen LogP contribution in [0.4, 0.5) is 0 Å². The molecule has 0 amide bonds. The summed E-state index contributed by atoms with van der Waals surface area (Å²) in [4.78, 5) is 16.5. The minimum absolute atomic E-state index is 0.0346. The monoisotopic (exact) mass is 591 g/mol. The molecular weight excluding hydrogens is 534 g/mol. The van der Waals surface area contributed by atoms with Crippen LogP contribution in [0.2, 0.25) is 0 Å². The predicted octanol–water partition coefficient (Wildman–Crippen LogP) is 3.23. The number of carbonyl (C=O) groups is 1. The molecule has 0 aromatic heterocycles. The summed E-state index contributed by atoms with van der Waals surface area (Å²) < 4.78 is 11.8. The second-order valence-corrected chi connectivity index (χ2v) is 15.9. The smallest absolute Gasteiger partial charge is 0.186 e. The summed E-state index contributed by atoms with van der Waals surface area (Å²) in [6, 6.07) is 0.691. The SMILES string of the molecule is CC1CCC(C(C)C2CCC3C(CC4C3CC(=O)C3CC(O[C@@H]5O[C@H](CO)[C@@H](O)[C@H](O)[C@H]5O)CCC34C)C2C)N(C)C1. The minimum Gasteiger partial charge on any atom is -0.394 e. The largest absolute Gasteiger partial charge is 0.394 e. The average molecular weight is 592 g/mol. The average Bonchev–Trinajstić information content (AvgIpc) is 3.34. The topological polar surface area (TPSA) is 120 Å². The number of ketones is 1. The van der Waals surface area contributed by atoms with Crippen LogP contribution >= 0.6 is 0 Å². The quantitative estimate of drug-likeness (QED) is 0.360. The molecule has 0 bridgehead atoms. The number of fused-ring (bicyclic) bond motifs is 5. The lowest BCUT2D eigenvalue weighted by Crippen LogP contribution is -2.60. The highest BCUT2D eigenvalue weighted by molar-refractivity contribution is 5.83. The van der Waals surface area contributed by atoms with E-state index in [1.165, 1.54) is 38.6 Å². The number of nitrogens with zero attached hydrogens (tertiary/aromatic N) is 1. The van der Waals surface area contributed by atoms with Crippen LogP contribution < -0.4 is 0 Å². The van der Waals surface area contributed by atoms with Crippen LogP contribution in [0.3, 0.4) is 0 Å². The summed E-state index contributed by atoms with van der Waals surface area (Å²) in [7, 11) is 2.33. The van der Waals surface area contributed by atoms with Crippen LogP contribution in [0.5, 0.6) is 0 Å². The van der Waals surface area contributed by atoms with Crippen LogP contribution in [0, 0.1) is 58.7 Å². The standard InChI is InChI=1S/C34H57NO7/c1-17-6-9-27(35(5)15-17)19(3)21-7-8-22-23(18(21)2)13-25-24(22)14-28(37)26-12-20(10-11-34(25,26)4)41-33-32(40)31(39)30(38)29(16-36)42-33/h17-27,29-33,36,38-40H,6-16H2,1-5H3/t17?,18?,19?,20?,21?,22?,23?,24?,25?,26?,27?,29-,30-,31+,32-,33-,34?/m1/s1. The summed E-state index contributed by atoms with van der Waals surface area (Å²) in [6.45, 7) is 10.6. The van der Waals surface area contributed by atoms with Gasteiger partial charge in [-0.05, 0) is 111 Å². The molecule has 17 atom stereocenters. The maximum atomic E-state index is 13.8. The third-order valence-electron chi connectivity index (χ3n) is 13.9. The van der Waals surface area contributed by atoms with Gasteiger partial charge in [0.1, 0.15) is 30.2 Å². The highest BCUT2D eigenvalue weighted by Crippen LogP contribution is 2.65. The van der Waals surface area contributed by atoms with Crippen LogP contribution in [0.15, 0.2) is 0 Å². The molecule has 240 valence electrons. The molecule has 8 heteroatoms. The van der Waals surface area contributed by atoms with Gasteiger partial charge in [0, 0.05) is 24.9 Å². The normalized spacial score (nSPS) is 54.1. The van der Waals surface area contributed by atoms with Crippen LogP contribution in [0.1, 0.15) is 85.5 Å². The summed E-state index contributed by atoms with van der Waals surface area (Å²) in [5.74, 6) is 5.72. The van der Waals surface area contributed by atoms with Gasteiger partial charge in [0.15, 0.2) is 6.29 Å². The van der Waals surface area contributed by atoms with Gasteiger partial charge in [-0.1, -0.05) is 27.7 Å². The summed E-state index contributed by atoms with van der Waals surface area (Å²) in [5.41, 5.74) is -0.0346. The van der Waals surface area contributed by atoms with Crippen molar-refractivity contribution in [1.29, 1.82) is 0 Å². The number of ether oxygens (including phenoxy) is 2. The number of rotatable bonds is 5. The Kier molecular flexibility index (Phi) is 8.93. The molecule has 0 radical (unpaired) electrons. The first-order valence-electron chi connectivity index (χ1n) is 17.1. The molecule has 6 aliphatic rings. The number of piperidine rings is 1. The number of likely N-dealkylation sites (tertiary alicyclic amines) is 1. The molecule has 12 unspecified atom stereocenters. The number of aliphatic hydroxyl groups excluding tert-OH is 4. The Morgan fingerprint density at radius 3 is 2.48 bits per heavy atom. The molecule has 2 saturated heterocycles. The van der Waals surface area contributed by atoms with Gasteiger partial charge in [0.2, 0.25) is 0 Å². The van der Waals surface area contributed by atoms with Crippen LogP contribution in [-0.4, -0.2) is 94.2 Å². The summed E-state index contributed by atoms with van der Waals surface area (Å²) in [5, 5.41) is 40.4. The number of aliphatic hydroxyl groups is 4. The minimum atomic E-state index is -1.45. The molecule has 0 spiro atoms. The van der Waals surface area contributed by atoms with Crippen molar-refractivity contribution < 1.29 is 34.7 Å². The van der Waals surface area contributed by atoms with Crippen molar-refractivity contribution in [1.82, 2.24) is 4.90 Å². The van der Waals surface area contributed by atoms with E-state index in [4.69, 9.17) is 9.47 Å². The van der Waals surface area contributed by atoms with Crippen molar-refractivity contribution in [3.63, 3.8) is 0 Å². The molecule has 4 N–H and O–H groups in total. The lowest BCUT2D eigenvalue weighted by atomic mass is 9.51. The molecule has 6 rings (SSSR count). The lowest BCUT2D eigenvalue weighted by Gasteiger charge is -2.53. The van der Waals surface area contributed by atoms with Crippen molar-refractivity contribution in [2.24, 2.45) is 58.7 Å². The highest BCUT2D eigenvalue weighted by Gasteiger charge is 2.62. The highest BCUT2D eigenvalue weighted by atomic mass is 16.7. The zero-order valence-electron chi connectivity index (χ0n) is 26.5. The van der Waals surface area contributed by atoms with Gasteiger partial charge in [-0.25, -0.2) is 0 Å². The van der Waals surface area contributed by atoms with Crippen molar-refractivity contribution >= 4 is 5.78 Å². The molecule has 42 heavy (non-hydrogen) atoms. The van der Waals surface area contributed by atoms with Crippen molar-refractivity contribution in [2.75, 3.05) is 20.2 Å².